The molecule has 0 amide bonds. The summed E-state index contributed by atoms with van der Waals surface area (Å²) in [6, 6.07) is 0. The predicted octanol–water partition coefficient (Wildman–Crippen LogP) is 1.54. The Morgan fingerprint density at radius 2 is 1.00 bits per heavy atom. The molecule has 6 fully saturated rings. The lowest BCUT2D eigenvalue weighted by Crippen LogP contribution is -2.22. The lowest BCUT2D eigenvalue weighted by atomic mass is 9.87. The van der Waals surface area contributed by atoms with Crippen molar-refractivity contribution in [1.82, 2.24) is 0 Å². The van der Waals surface area contributed by atoms with Gasteiger partial charge in [-0.3, -0.25) is 9.59 Å². The summed E-state index contributed by atoms with van der Waals surface area (Å²) in [5.74, 6) is 6.98. The fraction of sp³-hybridized carbons (Fsp3) is 0.867. The number of hydrogen-bond donors (Lipinski definition) is 0. The highest BCUT2D eigenvalue weighted by atomic mass is 16.1. The number of ketones is 2. The molecule has 6 aliphatic rings. The summed E-state index contributed by atoms with van der Waals surface area (Å²) in [5, 5.41) is 0. The Balaban J connectivity index is 1.67. The fourth-order valence-corrected chi connectivity index (χ4v) is 7.80. The monoisotopic (exact) mass is 228 g/mol. The second-order valence-electron chi connectivity index (χ2n) is 7.58. The molecule has 8 unspecified atom stereocenters. The Morgan fingerprint density at radius 1 is 0.588 bits per heavy atom. The quantitative estimate of drug-likeness (QED) is 0.630. The third-order valence-corrected chi connectivity index (χ3v) is 7.71. The van der Waals surface area contributed by atoms with E-state index in [1.165, 1.54) is 0 Å². The van der Waals surface area contributed by atoms with Gasteiger partial charge in [0.05, 0.1) is 0 Å². The van der Waals surface area contributed by atoms with Crippen molar-refractivity contribution in [2.75, 3.05) is 0 Å². The van der Waals surface area contributed by atoms with Crippen LogP contribution in [0.2, 0.25) is 0 Å². The van der Waals surface area contributed by atoms with Crippen molar-refractivity contribution >= 4 is 11.6 Å². The summed E-state index contributed by atoms with van der Waals surface area (Å²) in [6.45, 7) is 0. The molecule has 0 bridgehead atoms. The van der Waals surface area contributed by atoms with Crippen LogP contribution in [0.5, 0.6) is 0 Å². The lowest BCUT2D eigenvalue weighted by Gasteiger charge is -2.16. The van der Waals surface area contributed by atoms with E-state index in [4.69, 9.17) is 0 Å². The zero-order valence-electron chi connectivity index (χ0n) is 9.71. The second kappa shape index (κ2) is 2.15. The van der Waals surface area contributed by atoms with Crippen LogP contribution < -0.4 is 0 Å². The maximum absolute atomic E-state index is 12.5. The third-order valence-electron chi connectivity index (χ3n) is 7.71. The lowest BCUT2D eigenvalue weighted by molar-refractivity contribution is -0.127. The minimum absolute atomic E-state index is 0.316. The van der Waals surface area contributed by atoms with Crippen LogP contribution in [0.1, 0.15) is 19.3 Å². The molecule has 6 saturated carbocycles. The minimum atomic E-state index is 0.316. The van der Waals surface area contributed by atoms with Gasteiger partial charge in [-0.05, 0) is 54.8 Å². The van der Waals surface area contributed by atoms with Crippen molar-refractivity contribution in [1.29, 1.82) is 0 Å². The van der Waals surface area contributed by atoms with Crippen LogP contribution in [0.4, 0.5) is 0 Å². The molecule has 17 heavy (non-hydrogen) atoms. The van der Waals surface area contributed by atoms with E-state index in [9.17, 15) is 9.59 Å². The molecule has 88 valence electrons. The van der Waals surface area contributed by atoms with Gasteiger partial charge in [0.15, 0.2) is 0 Å². The van der Waals surface area contributed by atoms with Gasteiger partial charge in [-0.2, -0.15) is 0 Å². The summed E-state index contributed by atoms with van der Waals surface area (Å²) in [6.07, 6.45) is 3.25. The summed E-state index contributed by atoms with van der Waals surface area (Å²) in [7, 11) is 0. The minimum Gasteiger partial charge on any atom is -0.299 e. The van der Waals surface area contributed by atoms with Crippen LogP contribution >= 0.6 is 0 Å². The average molecular weight is 228 g/mol. The Morgan fingerprint density at radius 3 is 1.53 bits per heavy atom. The van der Waals surface area contributed by atoms with Crippen LogP contribution in [0.25, 0.3) is 0 Å². The Kier molecular flexibility index (Phi) is 1.07. The van der Waals surface area contributed by atoms with Crippen LogP contribution in [0.15, 0.2) is 0 Å². The summed E-state index contributed by atoms with van der Waals surface area (Å²) < 4.78 is 0. The Hall–Kier alpha value is -0.660. The van der Waals surface area contributed by atoms with Crippen molar-refractivity contribution in [3.05, 3.63) is 0 Å². The SMILES string of the molecule is O=C1C2CC3CC4C(=O)C5CC1C1C2C3C4C51. The number of carbonyl (C=O) groups excluding carboxylic acids is 2. The maximum Gasteiger partial charge on any atom is 0.139 e. The number of hydrogen-bond acceptors (Lipinski definition) is 2. The smallest absolute Gasteiger partial charge is 0.139 e. The van der Waals surface area contributed by atoms with Gasteiger partial charge in [-0.1, -0.05) is 0 Å². The van der Waals surface area contributed by atoms with E-state index < -0.39 is 0 Å². The molecule has 0 aromatic carbocycles. The zero-order chi connectivity index (χ0) is 11.0. The molecule has 0 aromatic heterocycles. The number of carbonyl (C=O) groups is 2. The first-order valence-corrected chi connectivity index (χ1v) is 7.35. The molecular formula is C15H16O2. The predicted molar refractivity (Wildman–Crippen MR) is 58.8 cm³/mol. The summed E-state index contributed by atoms with van der Waals surface area (Å²) in [4.78, 5) is 24.9. The molecular weight excluding hydrogens is 212 g/mol. The van der Waals surface area contributed by atoms with E-state index in [1.54, 1.807) is 0 Å². The van der Waals surface area contributed by atoms with Gasteiger partial charge in [0, 0.05) is 23.7 Å². The van der Waals surface area contributed by atoms with Gasteiger partial charge in [0.2, 0.25) is 0 Å². The van der Waals surface area contributed by atoms with Crippen molar-refractivity contribution in [2.45, 2.75) is 19.3 Å². The van der Waals surface area contributed by atoms with Gasteiger partial charge < -0.3 is 0 Å². The molecule has 0 saturated heterocycles. The van der Waals surface area contributed by atoms with Crippen LogP contribution in [-0.4, -0.2) is 11.6 Å². The standard InChI is InChI=1S/C15H16O2/c16-14-5-1-4-2-6-11-9(4)10(5)12-7(14)3-8(13(11)12)15(6)17/h4-13H,1-3H2. The normalized spacial score (nSPS) is 72.2. The van der Waals surface area contributed by atoms with Crippen molar-refractivity contribution in [3.8, 4) is 0 Å². The average Bonchev–Trinajstić information content (AvgIpc) is 3.01. The molecule has 6 aliphatic carbocycles. The van der Waals surface area contributed by atoms with Crippen LogP contribution in [-0.2, 0) is 9.59 Å². The molecule has 0 N–H and O–H groups in total. The molecule has 8 atom stereocenters. The van der Waals surface area contributed by atoms with Gasteiger partial charge in [0.25, 0.3) is 0 Å². The molecule has 2 heteroatoms. The molecule has 0 heterocycles. The van der Waals surface area contributed by atoms with E-state index in [0.29, 0.717) is 47.1 Å². The van der Waals surface area contributed by atoms with E-state index in [1.807, 2.05) is 0 Å². The summed E-state index contributed by atoms with van der Waals surface area (Å²) >= 11 is 0. The molecule has 0 aliphatic heterocycles. The van der Waals surface area contributed by atoms with Gasteiger partial charge in [-0.15, -0.1) is 0 Å². The molecule has 6 rings (SSSR count). The van der Waals surface area contributed by atoms with Crippen LogP contribution in [0.3, 0.4) is 0 Å². The van der Waals surface area contributed by atoms with E-state index in [2.05, 4.69) is 0 Å². The third kappa shape index (κ3) is 0.602. The molecule has 0 radical (unpaired) electrons. The van der Waals surface area contributed by atoms with Gasteiger partial charge >= 0.3 is 0 Å². The highest BCUT2D eigenvalue weighted by molar-refractivity contribution is 5.94. The first-order valence-electron chi connectivity index (χ1n) is 7.35. The number of Topliss-reactive ketones (excluding diaryl/α,β-unsaturated/α-hetero) is 2. The topological polar surface area (TPSA) is 34.1 Å². The van der Waals surface area contributed by atoms with E-state index >= 15 is 0 Å². The Bertz CT molecular complexity index is 453. The van der Waals surface area contributed by atoms with Gasteiger partial charge in [-0.25, -0.2) is 0 Å². The first-order chi connectivity index (χ1) is 8.27. The molecule has 0 aromatic rings. The first kappa shape index (κ1) is 8.44. The van der Waals surface area contributed by atoms with Crippen molar-refractivity contribution in [2.24, 2.45) is 59.2 Å². The van der Waals surface area contributed by atoms with E-state index in [0.717, 1.165) is 42.9 Å². The van der Waals surface area contributed by atoms with E-state index in [-0.39, 0.29) is 0 Å². The largest absolute Gasteiger partial charge is 0.299 e. The zero-order valence-corrected chi connectivity index (χ0v) is 9.71. The highest BCUT2D eigenvalue weighted by Crippen LogP contribution is 2.78. The van der Waals surface area contributed by atoms with Gasteiger partial charge in [0.1, 0.15) is 11.6 Å². The van der Waals surface area contributed by atoms with Crippen molar-refractivity contribution < 1.29 is 9.59 Å². The molecule has 2 nitrogen and oxygen atoms in total. The maximum atomic E-state index is 12.5. The fourth-order valence-electron chi connectivity index (χ4n) is 7.80. The van der Waals surface area contributed by atoms with Crippen molar-refractivity contribution in [3.63, 3.8) is 0 Å². The second-order valence-corrected chi connectivity index (χ2v) is 7.58. The Labute approximate surface area is 100 Å². The number of rotatable bonds is 0. The summed E-state index contributed by atoms with van der Waals surface area (Å²) in [5.41, 5.74) is 0. The highest BCUT2D eigenvalue weighted by Gasteiger charge is 2.78. The molecule has 0 spiro atoms. The van der Waals surface area contributed by atoms with Crippen LogP contribution in [0, 0.1) is 59.2 Å².